The van der Waals surface area contributed by atoms with Gasteiger partial charge in [0.2, 0.25) is 5.91 Å². The number of hydrogen-bond acceptors (Lipinski definition) is 6. The summed E-state index contributed by atoms with van der Waals surface area (Å²) in [6.07, 6.45) is 2.65. The van der Waals surface area contributed by atoms with Crippen molar-refractivity contribution in [3.05, 3.63) is 79.9 Å². The van der Waals surface area contributed by atoms with Crippen LogP contribution in [0.5, 0.6) is 0 Å². The lowest BCUT2D eigenvalue weighted by molar-refractivity contribution is -0.384. The van der Waals surface area contributed by atoms with Crippen LogP contribution in [0.2, 0.25) is 0 Å². The number of non-ortho nitro benzene ring substituents is 1. The molecule has 138 valence electrons. The van der Waals surface area contributed by atoms with Gasteiger partial charge in [-0.2, -0.15) is 0 Å². The highest BCUT2D eigenvalue weighted by Gasteiger charge is 2.15. The molecule has 10 heteroatoms. The molecule has 27 heavy (non-hydrogen) atoms. The third-order valence-electron chi connectivity index (χ3n) is 3.37. The normalized spacial score (nSPS) is 10.4. The van der Waals surface area contributed by atoms with E-state index in [0.29, 0.717) is 11.1 Å². The van der Waals surface area contributed by atoms with Crippen LogP contribution >= 0.6 is 12.2 Å². The highest BCUT2D eigenvalue weighted by Crippen LogP contribution is 2.25. The zero-order valence-corrected chi connectivity index (χ0v) is 14.9. The minimum atomic E-state index is -0.555. The van der Waals surface area contributed by atoms with Gasteiger partial charge in [0, 0.05) is 24.3 Å². The molecule has 2 aromatic rings. The second-order valence-electron chi connectivity index (χ2n) is 5.40. The average Bonchev–Trinajstić information content (AvgIpc) is 2.61. The Morgan fingerprint density at radius 3 is 2.33 bits per heavy atom. The summed E-state index contributed by atoms with van der Waals surface area (Å²) in [6.45, 7) is 1.72. The highest BCUT2D eigenvalue weighted by atomic mass is 32.1. The Morgan fingerprint density at radius 1 is 1.07 bits per heavy atom. The molecule has 0 aliphatic heterocycles. The molecule has 0 saturated carbocycles. The van der Waals surface area contributed by atoms with Crippen molar-refractivity contribution in [1.82, 2.24) is 5.32 Å². The number of carbonyl (C=O) groups excluding carboxylic acids is 1. The summed E-state index contributed by atoms with van der Waals surface area (Å²) >= 11 is 4.99. The minimum absolute atomic E-state index is 0.0540. The van der Waals surface area contributed by atoms with Crippen LogP contribution in [-0.2, 0) is 4.79 Å². The lowest BCUT2D eigenvalue weighted by Gasteiger charge is -2.09. The van der Waals surface area contributed by atoms with Gasteiger partial charge in [-0.3, -0.25) is 30.3 Å². The molecule has 0 fully saturated rings. The summed E-state index contributed by atoms with van der Waals surface area (Å²) < 4.78 is 0. The summed E-state index contributed by atoms with van der Waals surface area (Å²) in [7, 11) is 0. The molecular weight excluding hydrogens is 372 g/mol. The Labute approximate surface area is 159 Å². The molecule has 0 saturated heterocycles. The van der Waals surface area contributed by atoms with Crippen molar-refractivity contribution in [1.29, 1.82) is 0 Å². The minimum Gasteiger partial charge on any atom is -0.327 e. The number of carbonyl (C=O) groups is 1. The van der Waals surface area contributed by atoms with Gasteiger partial charge in [-0.05, 0) is 54.5 Å². The van der Waals surface area contributed by atoms with E-state index >= 15 is 0 Å². The molecule has 0 aliphatic rings. The number of nitro groups is 2. The number of hydrogen-bond donors (Lipinski definition) is 2. The van der Waals surface area contributed by atoms with E-state index in [4.69, 9.17) is 12.2 Å². The van der Waals surface area contributed by atoms with E-state index in [9.17, 15) is 25.0 Å². The maximum absolute atomic E-state index is 11.9. The number of aryl methyl sites for hydroxylation is 1. The lowest BCUT2D eigenvalue weighted by Crippen LogP contribution is -2.33. The van der Waals surface area contributed by atoms with Crippen LogP contribution in [0.3, 0.4) is 0 Å². The largest absolute Gasteiger partial charge is 0.327 e. The van der Waals surface area contributed by atoms with E-state index in [1.807, 2.05) is 0 Å². The van der Waals surface area contributed by atoms with Gasteiger partial charge in [-0.15, -0.1) is 0 Å². The number of nitrogens with one attached hydrogen (secondary N) is 2. The Hall–Kier alpha value is -3.66. The van der Waals surface area contributed by atoms with Gasteiger partial charge in [0.15, 0.2) is 5.11 Å². The quantitative estimate of drug-likeness (QED) is 0.349. The van der Waals surface area contributed by atoms with Crippen LogP contribution in [0.1, 0.15) is 11.1 Å². The molecule has 0 bridgehead atoms. The predicted octanol–water partition coefficient (Wildman–Crippen LogP) is 3.34. The van der Waals surface area contributed by atoms with E-state index in [-0.39, 0.29) is 22.2 Å². The van der Waals surface area contributed by atoms with E-state index in [2.05, 4.69) is 10.6 Å². The smallest absolute Gasteiger partial charge is 0.292 e. The zero-order chi connectivity index (χ0) is 20.0. The fourth-order valence-corrected chi connectivity index (χ4v) is 2.30. The number of rotatable bonds is 5. The molecule has 0 spiro atoms. The van der Waals surface area contributed by atoms with Crippen LogP contribution in [0, 0.1) is 27.2 Å². The van der Waals surface area contributed by atoms with Crippen molar-refractivity contribution >= 4 is 46.4 Å². The molecular formula is C17H14N4O5S. The third kappa shape index (κ3) is 5.68. The molecule has 2 aromatic carbocycles. The first-order valence-electron chi connectivity index (χ1n) is 7.56. The number of thiocarbonyl (C=S) groups is 1. The van der Waals surface area contributed by atoms with Crippen LogP contribution in [0.4, 0.5) is 17.1 Å². The summed E-state index contributed by atoms with van der Waals surface area (Å²) in [4.78, 5) is 32.5. The number of benzene rings is 2. The molecule has 1 amide bonds. The number of nitrogens with zero attached hydrogens (tertiary/aromatic N) is 2. The van der Waals surface area contributed by atoms with Gasteiger partial charge >= 0.3 is 0 Å². The van der Waals surface area contributed by atoms with Crippen LogP contribution in [0.25, 0.3) is 6.08 Å². The Kier molecular flexibility index (Phi) is 6.28. The highest BCUT2D eigenvalue weighted by molar-refractivity contribution is 7.80. The monoisotopic (exact) mass is 386 g/mol. The summed E-state index contributed by atoms with van der Waals surface area (Å²) in [5.41, 5.74) is 1.25. The second-order valence-corrected chi connectivity index (χ2v) is 5.81. The zero-order valence-electron chi connectivity index (χ0n) is 14.0. The maximum Gasteiger partial charge on any atom is 0.292 e. The van der Waals surface area contributed by atoms with Gasteiger partial charge in [0.05, 0.1) is 9.85 Å². The van der Waals surface area contributed by atoms with E-state index in [1.54, 1.807) is 13.0 Å². The maximum atomic E-state index is 11.9. The number of amides is 1. The summed E-state index contributed by atoms with van der Waals surface area (Å²) in [6, 6.07) is 10.2. The van der Waals surface area contributed by atoms with Gasteiger partial charge in [0.25, 0.3) is 11.4 Å². The first-order chi connectivity index (χ1) is 12.8. The summed E-state index contributed by atoms with van der Waals surface area (Å²) in [5.74, 6) is -0.555. The molecule has 0 aliphatic carbocycles. The third-order valence-corrected chi connectivity index (χ3v) is 3.57. The van der Waals surface area contributed by atoms with Crippen molar-refractivity contribution in [2.24, 2.45) is 0 Å². The van der Waals surface area contributed by atoms with Gasteiger partial charge in [0.1, 0.15) is 5.69 Å². The van der Waals surface area contributed by atoms with Gasteiger partial charge in [-0.1, -0.05) is 6.07 Å². The van der Waals surface area contributed by atoms with E-state index < -0.39 is 15.8 Å². The first-order valence-corrected chi connectivity index (χ1v) is 7.96. The van der Waals surface area contributed by atoms with Crippen molar-refractivity contribution < 1.29 is 14.6 Å². The lowest BCUT2D eigenvalue weighted by atomic mass is 10.2. The van der Waals surface area contributed by atoms with Crippen LogP contribution in [-0.4, -0.2) is 20.9 Å². The fraction of sp³-hybridized carbons (Fsp3) is 0.0588. The predicted molar refractivity (Wildman–Crippen MR) is 104 cm³/mol. The van der Waals surface area contributed by atoms with Crippen molar-refractivity contribution in [3.8, 4) is 0 Å². The topological polar surface area (TPSA) is 127 Å². The molecule has 0 unspecified atom stereocenters. The molecule has 0 aromatic heterocycles. The fourth-order valence-electron chi connectivity index (χ4n) is 2.08. The molecule has 0 radical (unpaired) electrons. The standard InChI is InChI=1S/C17H14N4O5S/c1-11-2-8-14(15(10-11)21(25)26)18-17(27)19-16(22)9-5-12-3-6-13(7-4-12)20(23)24/h2-10H,1H3,(H2,18,19,22,27)/b9-5+. The number of nitro benzene ring substituents is 2. The van der Waals surface area contributed by atoms with Crippen molar-refractivity contribution in [2.75, 3.05) is 5.32 Å². The molecule has 2 N–H and O–H groups in total. The molecule has 2 rings (SSSR count). The van der Waals surface area contributed by atoms with Crippen LogP contribution < -0.4 is 10.6 Å². The number of anilines is 1. The molecule has 0 atom stereocenters. The Bertz CT molecular complexity index is 941. The van der Waals surface area contributed by atoms with Crippen LogP contribution in [0.15, 0.2) is 48.5 Å². The van der Waals surface area contributed by atoms with E-state index in [1.165, 1.54) is 48.6 Å². The average molecular weight is 386 g/mol. The Morgan fingerprint density at radius 2 is 1.74 bits per heavy atom. The summed E-state index contributed by atoms with van der Waals surface area (Å²) in [5, 5.41) is 26.6. The SMILES string of the molecule is Cc1ccc(NC(=S)NC(=O)/C=C/c2ccc([N+](=O)[O-])cc2)c([N+](=O)[O-])c1. The van der Waals surface area contributed by atoms with Crippen molar-refractivity contribution in [2.45, 2.75) is 6.92 Å². The van der Waals surface area contributed by atoms with Gasteiger partial charge in [-0.25, -0.2) is 0 Å². The molecule has 0 heterocycles. The molecule has 9 nitrogen and oxygen atoms in total. The second kappa shape index (κ2) is 8.63. The van der Waals surface area contributed by atoms with Gasteiger partial charge < -0.3 is 5.32 Å². The Balaban J connectivity index is 1.98. The first kappa shape index (κ1) is 19.7. The van der Waals surface area contributed by atoms with E-state index in [0.717, 1.165) is 0 Å². The van der Waals surface area contributed by atoms with Crippen molar-refractivity contribution in [3.63, 3.8) is 0 Å².